The van der Waals surface area contributed by atoms with Gasteiger partial charge in [0.15, 0.2) is 0 Å². The Bertz CT molecular complexity index is 1260. The van der Waals surface area contributed by atoms with Gasteiger partial charge in [-0.2, -0.15) is 43.9 Å². The second kappa shape index (κ2) is 8.25. The molecule has 0 spiro atoms. The van der Waals surface area contributed by atoms with Crippen molar-refractivity contribution in [2.24, 2.45) is 11.8 Å². The Labute approximate surface area is 221 Å². The van der Waals surface area contributed by atoms with Crippen molar-refractivity contribution in [2.75, 3.05) is 11.5 Å². The Morgan fingerprint density at radius 3 is 1.23 bits per heavy atom. The van der Waals surface area contributed by atoms with E-state index in [1.807, 2.05) is 0 Å². The van der Waals surface area contributed by atoms with Crippen LogP contribution in [-0.2, 0) is 22.7 Å². The van der Waals surface area contributed by atoms with E-state index in [0.717, 1.165) is 12.1 Å². The van der Waals surface area contributed by atoms with Gasteiger partial charge < -0.3 is 21.7 Å². The van der Waals surface area contributed by atoms with Crippen molar-refractivity contribution in [3.05, 3.63) is 46.5 Å². The van der Waals surface area contributed by atoms with E-state index in [0.29, 0.717) is 44.2 Å². The highest BCUT2D eigenvalue weighted by Gasteiger charge is 2.63. The van der Waals surface area contributed by atoms with Gasteiger partial charge in [0, 0.05) is 0 Å². The third kappa shape index (κ3) is 3.95. The molecule has 40 heavy (non-hydrogen) atoms. The third-order valence-electron chi connectivity index (χ3n) is 8.95. The summed E-state index contributed by atoms with van der Waals surface area (Å²) in [5, 5.41) is 20.1. The second-order valence-corrected chi connectivity index (χ2v) is 11.6. The number of benzene rings is 2. The number of hydrogen-bond donors (Lipinski definition) is 4. The normalized spacial score (nSPS) is 28.8. The maximum absolute atomic E-state index is 14.4. The molecule has 4 saturated carbocycles. The molecule has 2 aromatic carbocycles. The predicted molar refractivity (Wildman–Crippen MR) is 123 cm³/mol. The minimum atomic E-state index is -6.04. The number of halogens is 10. The molecule has 0 amide bonds. The lowest BCUT2D eigenvalue weighted by Crippen LogP contribution is -2.56. The third-order valence-corrected chi connectivity index (χ3v) is 8.95. The Balaban J connectivity index is 1.66. The fourth-order valence-electron chi connectivity index (χ4n) is 7.65. The molecule has 4 fully saturated rings. The summed E-state index contributed by atoms with van der Waals surface area (Å²) in [4.78, 5) is 0. The lowest BCUT2D eigenvalue weighted by Gasteiger charge is -2.63. The quantitative estimate of drug-likeness (QED) is 0.171. The largest absolute Gasteiger partial charge is 0.505 e. The zero-order chi connectivity index (χ0) is 29.8. The first-order chi connectivity index (χ1) is 18.1. The molecule has 0 atom stereocenters. The minimum absolute atomic E-state index is 0.00667. The van der Waals surface area contributed by atoms with Crippen LogP contribution in [0.5, 0.6) is 11.5 Å². The van der Waals surface area contributed by atoms with Gasteiger partial charge in [-0.1, -0.05) is 0 Å². The Morgan fingerprint density at radius 1 is 0.600 bits per heavy atom. The van der Waals surface area contributed by atoms with Crippen LogP contribution in [-0.4, -0.2) is 22.6 Å². The van der Waals surface area contributed by atoms with Gasteiger partial charge in [0.25, 0.3) is 0 Å². The van der Waals surface area contributed by atoms with Gasteiger partial charge in [0.2, 0.25) is 0 Å². The SMILES string of the molecule is Nc1cc(C23CC4CC(C2)CC(c2cc(N)c(O)c(C(F)(F)C(F)(F)F)c2)(C4)C3)cc(C(F)(F)C(F)(F)F)c1O. The van der Waals surface area contributed by atoms with Crippen molar-refractivity contribution in [2.45, 2.75) is 73.6 Å². The zero-order valence-electron chi connectivity index (χ0n) is 20.5. The van der Waals surface area contributed by atoms with E-state index >= 15 is 0 Å². The average Bonchev–Trinajstić information content (AvgIpc) is 2.79. The van der Waals surface area contributed by atoms with Gasteiger partial charge in [-0.3, -0.25) is 0 Å². The molecule has 4 aliphatic rings. The number of phenolic OH excluding ortho intramolecular Hbond substituents is 2. The van der Waals surface area contributed by atoms with Crippen LogP contribution < -0.4 is 11.5 Å². The van der Waals surface area contributed by atoms with Crippen LogP contribution in [0.25, 0.3) is 0 Å². The summed E-state index contributed by atoms with van der Waals surface area (Å²) in [5.41, 5.74) is 4.34. The van der Waals surface area contributed by atoms with E-state index in [9.17, 15) is 54.1 Å². The van der Waals surface area contributed by atoms with Gasteiger partial charge in [-0.25, -0.2) is 0 Å². The summed E-state index contributed by atoms with van der Waals surface area (Å²) < 4.78 is 137. The second-order valence-electron chi connectivity index (χ2n) is 11.6. The number of nitrogen functional groups attached to an aromatic ring is 2. The zero-order valence-corrected chi connectivity index (χ0v) is 20.5. The number of phenols is 2. The average molecular weight is 586 g/mol. The van der Waals surface area contributed by atoms with Crippen LogP contribution in [0.2, 0.25) is 0 Å². The molecule has 0 aromatic heterocycles. The minimum Gasteiger partial charge on any atom is -0.505 e. The first-order valence-electron chi connectivity index (χ1n) is 12.3. The van der Waals surface area contributed by atoms with Gasteiger partial charge in [-0.05, 0) is 96.6 Å². The fourth-order valence-corrected chi connectivity index (χ4v) is 7.65. The summed E-state index contributed by atoms with van der Waals surface area (Å²) in [6.45, 7) is 0. The van der Waals surface area contributed by atoms with Crippen LogP contribution >= 0.6 is 0 Å². The van der Waals surface area contributed by atoms with E-state index in [4.69, 9.17) is 11.5 Å². The molecule has 0 heterocycles. The van der Waals surface area contributed by atoms with Crippen LogP contribution in [0.4, 0.5) is 55.3 Å². The summed E-state index contributed by atoms with van der Waals surface area (Å²) in [5.74, 6) is -14.0. The van der Waals surface area contributed by atoms with E-state index in [1.54, 1.807) is 0 Å². The van der Waals surface area contributed by atoms with E-state index < -0.39 is 69.0 Å². The summed E-state index contributed by atoms with van der Waals surface area (Å²) in [7, 11) is 0. The first kappa shape index (κ1) is 28.5. The molecular weight excluding hydrogens is 562 g/mol. The standard InChI is InChI=1S/C26H24F10N2O2/c27-23(28,25(31,32)33)15-2-13(4-17(37)19(15)39)21-6-11-1-12(7-21)9-22(8-11,10-21)14-3-16(20(40)18(38)5-14)24(29,30)26(34,35)36/h2-5,11-12,39-40H,1,6-10,37-38H2. The molecule has 220 valence electrons. The molecule has 0 aliphatic heterocycles. The Kier molecular flexibility index (Phi) is 5.87. The fraction of sp³-hybridized carbons (Fsp3) is 0.538. The van der Waals surface area contributed by atoms with E-state index in [1.165, 1.54) is 0 Å². The van der Waals surface area contributed by atoms with Crippen LogP contribution in [0.15, 0.2) is 24.3 Å². The van der Waals surface area contributed by atoms with Crippen LogP contribution in [0.3, 0.4) is 0 Å². The molecule has 0 saturated heterocycles. The lowest BCUT2D eigenvalue weighted by molar-refractivity contribution is -0.289. The molecule has 14 heteroatoms. The first-order valence-corrected chi connectivity index (χ1v) is 12.3. The number of alkyl halides is 10. The Hall–Kier alpha value is -3.06. The van der Waals surface area contributed by atoms with Crippen molar-refractivity contribution < 1.29 is 54.1 Å². The lowest BCUT2D eigenvalue weighted by atomic mass is 9.41. The molecule has 6 N–H and O–H groups in total. The van der Waals surface area contributed by atoms with Crippen molar-refractivity contribution in [3.8, 4) is 11.5 Å². The van der Waals surface area contributed by atoms with Crippen molar-refractivity contribution >= 4 is 11.4 Å². The number of hydrogen-bond acceptors (Lipinski definition) is 4. The predicted octanol–water partition coefficient (Wildman–Crippen LogP) is 7.36. The molecule has 4 nitrogen and oxygen atoms in total. The molecule has 0 radical (unpaired) electrons. The molecule has 0 unspecified atom stereocenters. The van der Waals surface area contributed by atoms with Gasteiger partial charge in [0.1, 0.15) is 11.5 Å². The maximum Gasteiger partial charge on any atom is 0.458 e. The number of anilines is 2. The van der Waals surface area contributed by atoms with Crippen molar-refractivity contribution in [1.29, 1.82) is 0 Å². The number of rotatable bonds is 4. The highest BCUT2D eigenvalue weighted by atomic mass is 19.4. The molecule has 4 bridgehead atoms. The van der Waals surface area contributed by atoms with Crippen molar-refractivity contribution in [1.82, 2.24) is 0 Å². The van der Waals surface area contributed by atoms with Crippen LogP contribution in [0.1, 0.15) is 60.8 Å². The summed E-state index contributed by atoms with van der Waals surface area (Å²) >= 11 is 0. The highest BCUT2D eigenvalue weighted by molar-refractivity contribution is 5.63. The summed E-state index contributed by atoms with van der Waals surface area (Å²) in [6, 6.07) is 3.35. The number of nitrogens with two attached hydrogens (primary N) is 2. The van der Waals surface area contributed by atoms with Gasteiger partial charge >= 0.3 is 24.2 Å². The van der Waals surface area contributed by atoms with Gasteiger partial charge in [-0.15, -0.1) is 0 Å². The molecule has 2 aromatic rings. The Morgan fingerprint density at radius 2 is 0.925 bits per heavy atom. The molecule has 4 aliphatic carbocycles. The van der Waals surface area contributed by atoms with E-state index in [2.05, 4.69) is 0 Å². The van der Waals surface area contributed by atoms with Crippen molar-refractivity contribution in [3.63, 3.8) is 0 Å². The maximum atomic E-state index is 14.4. The monoisotopic (exact) mass is 586 g/mol. The molecular formula is C26H24F10N2O2. The summed E-state index contributed by atoms with van der Waals surface area (Å²) in [6.07, 6.45) is -10.1. The number of aromatic hydroxyl groups is 2. The smallest absolute Gasteiger partial charge is 0.458 e. The van der Waals surface area contributed by atoms with E-state index in [-0.39, 0.29) is 29.4 Å². The van der Waals surface area contributed by atoms with Crippen LogP contribution in [0, 0.1) is 11.8 Å². The topological polar surface area (TPSA) is 92.5 Å². The highest BCUT2D eigenvalue weighted by Crippen LogP contribution is 2.67. The van der Waals surface area contributed by atoms with Gasteiger partial charge in [0.05, 0.1) is 22.5 Å². The molecule has 6 rings (SSSR count).